The predicted molar refractivity (Wildman–Crippen MR) is 137 cm³/mol. The van der Waals surface area contributed by atoms with E-state index in [1.807, 2.05) is 30.3 Å². The van der Waals surface area contributed by atoms with E-state index >= 15 is 0 Å². The van der Waals surface area contributed by atoms with E-state index in [9.17, 15) is 34.8 Å². The van der Waals surface area contributed by atoms with Crippen molar-refractivity contribution in [2.24, 2.45) is 11.7 Å². The Balaban J connectivity index is 0.000000559. The molecule has 0 unspecified atom stereocenters. The molecule has 0 aliphatic carbocycles. The average molecular weight is 607 g/mol. The van der Waals surface area contributed by atoms with Crippen molar-refractivity contribution in [2.75, 3.05) is 37.7 Å². The average Bonchev–Trinajstić information content (AvgIpc) is 2.92. The highest BCUT2D eigenvalue weighted by molar-refractivity contribution is 7.91. The number of pyridine rings is 1. The number of sulfone groups is 1. The van der Waals surface area contributed by atoms with Gasteiger partial charge in [-0.3, -0.25) is 4.79 Å². The van der Waals surface area contributed by atoms with E-state index in [2.05, 4.69) is 4.98 Å². The van der Waals surface area contributed by atoms with Gasteiger partial charge in [-0.05, 0) is 30.0 Å². The first-order valence-electron chi connectivity index (χ1n) is 12.1. The van der Waals surface area contributed by atoms with Crippen molar-refractivity contribution in [1.82, 2.24) is 14.2 Å². The summed E-state index contributed by atoms with van der Waals surface area (Å²) in [5.41, 5.74) is 7.06. The van der Waals surface area contributed by atoms with Gasteiger partial charge in [0.05, 0.1) is 23.1 Å². The first kappa shape index (κ1) is 31.4. The minimum Gasteiger partial charge on any atom is -0.475 e. The molecule has 16 heteroatoms. The van der Waals surface area contributed by atoms with Gasteiger partial charge >= 0.3 is 12.1 Å². The number of carbonyl (C=O) groups excluding carboxylic acids is 1. The number of amides is 1. The highest BCUT2D eigenvalue weighted by atomic mass is 32.2. The molecular weight excluding hydrogens is 577 g/mol. The molecule has 3 heterocycles. The van der Waals surface area contributed by atoms with E-state index in [-0.39, 0.29) is 61.1 Å². The fourth-order valence-corrected chi connectivity index (χ4v) is 7.14. The Labute approximate surface area is 229 Å². The van der Waals surface area contributed by atoms with Crippen LogP contribution >= 0.6 is 0 Å². The Kier molecular flexibility index (Phi) is 9.92. The molecule has 1 aromatic heterocycles. The molecular formula is C24H29F3N4O7S2. The number of carboxylic acids is 1. The van der Waals surface area contributed by atoms with Gasteiger partial charge in [-0.1, -0.05) is 36.4 Å². The summed E-state index contributed by atoms with van der Waals surface area (Å²) in [5.74, 6) is -3.83. The van der Waals surface area contributed by atoms with Gasteiger partial charge in [0, 0.05) is 32.7 Å². The van der Waals surface area contributed by atoms with Crippen LogP contribution < -0.4 is 5.73 Å². The number of halogens is 3. The van der Waals surface area contributed by atoms with Crippen LogP contribution in [-0.4, -0.2) is 91.9 Å². The largest absolute Gasteiger partial charge is 0.490 e. The summed E-state index contributed by atoms with van der Waals surface area (Å²) in [7, 11) is -7.08. The molecule has 1 amide bonds. The Hall–Kier alpha value is -3.08. The molecule has 0 saturated carbocycles. The maximum atomic E-state index is 13.5. The van der Waals surface area contributed by atoms with Crippen LogP contribution in [0.25, 0.3) is 0 Å². The van der Waals surface area contributed by atoms with Crippen LogP contribution in [-0.2, 0) is 36.0 Å². The number of aromatic nitrogens is 1. The van der Waals surface area contributed by atoms with E-state index in [4.69, 9.17) is 15.6 Å². The van der Waals surface area contributed by atoms with Crippen molar-refractivity contribution in [2.45, 2.75) is 30.1 Å². The smallest absolute Gasteiger partial charge is 0.475 e. The number of piperidine rings is 1. The van der Waals surface area contributed by atoms with Gasteiger partial charge in [0.15, 0.2) is 14.9 Å². The standard InChI is InChI=1S/C22H28N4O5S2.C2HF3O2/c23-14-20-7-4-8-21(24-20)33(30,31)26-15-18(17-5-2-1-3-6-17)13-19(16-26)22(27)25-9-11-32(28,29)12-10-25;3-2(4,5)1(6)7/h1-8,18-19H,9-16,23H2;(H,6,7)/t18-,19-;/m0./s1. The third-order valence-electron chi connectivity index (χ3n) is 6.53. The van der Waals surface area contributed by atoms with Crippen molar-refractivity contribution in [3.63, 3.8) is 0 Å². The van der Waals surface area contributed by atoms with Crippen LogP contribution in [0.2, 0.25) is 0 Å². The van der Waals surface area contributed by atoms with E-state index < -0.39 is 37.9 Å². The Morgan fingerprint density at radius 3 is 2.17 bits per heavy atom. The zero-order valence-electron chi connectivity index (χ0n) is 21.2. The summed E-state index contributed by atoms with van der Waals surface area (Å²) in [6, 6.07) is 14.2. The zero-order chi connectivity index (χ0) is 29.7. The lowest BCUT2D eigenvalue weighted by molar-refractivity contribution is -0.192. The second-order valence-corrected chi connectivity index (χ2v) is 13.5. The van der Waals surface area contributed by atoms with Gasteiger partial charge in [-0.25, -0.2) is 26.6 Å². The summed E-state index contributed by atoms with van der Waals surface area (Å²) in [6.07, 6.45) is -4.59. The molecule has 0 bridgehead atoms. The van der Waals surface area contributed by atoms with Crippen LogP contribution in [0, 0.1) is 5.92 Å². The molecule has 0 radical (unpaired) electrons. The van der Waals surface area contributed by atoms with Crippen LogP contribution in [0.1, 0.15) is 23.6 Å². The first-order chi connectivity index (χ1) is 18.6. The minimum atomic E-state index is -5.08. The maximum absolute atomic E-state index is 13.5. The summed E-state index contributed by atoms with van der Waals surface area (Å²) < 4.78 is 83.6. The number of sulfonamides is 1. The van der Waals surface area contributed by atoms with Crippen molar-refractivity contribution >= 4 is 31.7 Å². The SMILES string of the molecule is NCc1cccc(S(=O)(=O)N2C[C@@H](C(=O)N3CCS(=O)(=O)CC3)C[C@H](c3ccccc3)C2)n1.O=C(O)C(F)(F)F. The lowest BCUT2D eigenvalue weighted by Crippen LogP contribution is -2.52. The molecule has 0 spiro atoms. The van der Waals surface area contributed by atoms with Crippen molar-refractivity contribution in [3.05, 3.63) is 59.8 Å². The molecule has 2 atom stereocenters. The maximum Gasteiger partial charge on any atom is 0.490 e. The molecule has 11 nitrogen and oxygen atoms in total. The molecule has 2 aromatic rings. The molecule has 2 aliphatic heterocycles. The molecule has 1 aromatic carbocycles. The van der Waals surface area contributed by atoms with E-state index in [0.717, 1.165) is 5.56 Å². The fourth-order valence-electron chi connectivity index (χ4n) is 4.44. The van der Waals surface area contributed by atoms with E-state index in [1.54, 1.807) is 17.0 Å². The van der Waals surface area contributed by atoms with E-state index in [1.165, 1.54) is 10.4 Å². The number of hydrogen-bond acceptors (Lipinski definition) is 8. The number of hydrogen-bond donors (Lipinski definition) is 2. The highest BCUT2D eigenvalue weighted by Crippen LogP contribution is 2.34. The monoisotopic (exact) mass is 606 g/mol. The van der Waals surface area contributed by atoms with Gasteiger partial charge < -0.3 is 15.7 Å². The molecule has 2 aliphatic rings. The number of rotatable bonds is 5. The predicted octanol–water partition coefficient (Wildman–Crippen LogP) is 1.23. The lowest BCUT2D eigenvalue weighted by atomic mass is 9.85. The number of benzene rings is 1. The van der Waals surface area contributed by atoms with Gasteiger partial charge in [-0.2, -0.15) is 17.5 Å². The molecule has 3 N–H and O–H groups in total. The molecule has 220 valence electrons. The van der Waals surface area contributed by atoms with Crippen LogP contribution in [0.5, 0.6) is 0 Å². The highest BCUT2D eigenvalue weighted by Gasteiger charge is 2.41. The normalized spacial score (nSPS) is 21.6. The first-order valence-corrected chi connectivity index (χ1v) is 15.4. The molecule has 2 fully saturated rings. The van der Waals surface area contributed by atoms with Gasteiger partial charge in [0.25, 0.3) is 10.0 Å². The van der Waals surface area contributed by atoms with Crippen LogP contribution in [0.15, 0.2) is 53.6 Å². The zero-order valence-corrected chi connectivity index (χ0v) is 22.8. The Morgan fingerprint density at radius 1 is 1.02 bits per heavy atom. The van der Waals surface area contributed by atoms with Crippen molar-refractivity contribution in [3.8, 4) is 0 Å². The fraction of sp³-hybridized carbons (Fsp3) is 0.458. The lowest BCUT2D eigenvalue weighted by Gasteiger charge is -2.39. The molecule has 2 saturated heterocycles. The van der Waals surface area contributed by atoms with Crippen LogP contribution in [0.3, 0.4) is 0 Å². The third kappa shape index (κ3) is 7.99. The summed E-state index contributed by atoms with van der Waals surface area (Å²) >= 11 is 0. The number of nitrogens with zero attached hydrogens (tertiary/aromatic N) is 3. The van der Waals surface area contributed by atoms with Gasteiger partial charge in [0.2, 0.25) is 5.91 Å². The number of carbonyl (C=O) groups is 2. The Morgan fingerprint density at radius 2 is 1.62 bits per heavy atom. The second-order valence-electron chi connectivity index (χ2n) is 9.31. The van der Waals surface area contributed by atoms with Crippen molar-refractivity contribution in [1.29, 1.82) is 0 Å². The molecule has 40 heavy (non-hydrogen) atoms. The second kappa shape index (κ2) is 12.6. The minimum absolute atomic E-state index is 0.0300. The number of carboxylic acid groups (broad SMARTS) is 1. The summed E-state index contributed by atoms with van der Waals surface area (Å²) in [5, 5.41) is 7.04. The third-order valence-corrected chi connectivity index (χ3v) is 9.87. The molecule has 4 rings (SSSR count). The quantitative estimate of drug-likeness (QED) is 0.509. The summed E-state index contributed by atoms with van der Waals surface area (Å²) in [6.45, 7) is 0.664. The number of nitrogens with two attached hydrogens (primary N) is 1. The number of alkyl halides is 3. The van der Waals surface area contributed by atoms with Gasteiger partial charge in [0.1, 0.15) is 0 Å². The van der Waals surface area contributed by atoms with Crippen LogP contribution in [0.4, 0.5) is 13.2 Å². The van der Waals surface area contributed by atoms with E-state index in [0.29, 0.717) is 12.1 Å². The van der Waals surface area contributed by atoms with Gasteiger partial charge in [-0.15, -0.1) is 0 Å². The number of aliphatic carboxylic acids is 1. The summed E-state index contributed by atoms with van der Waals surface area (Å²) in [4.78, 5) is 28.0. The topological polar surface area (TPSA) is 168 Å². The van der Waals surface area contributed by atoms with Crippen molar-refractivity contribution < 1.29 is 44.7 Å². The Bertz CT molecular complexity index is 1410.